The highest BCUT2D eigenvalue weighted by Gasteiger charge is 2.26. The highest BCUT2D eigenvalue weighted by Crippen LogP contribution is 2.20. The number of aryl methyl sites for hydroxylation is 1. The summed E-state index contributed by atoms with van der Waals surface area (Å²) in [5, 5.41) is 17.0. The van der Waals surface area contributed by atoms with Gasteiger partial charge in [0.25, 0.3) is 5.69 Å². The molecule has 166 valence electrons. The Kier molecular flexibility index (Phi) is 6.36. The van der Waals surface area contributed by atoms with Crippen LogP contribution in [0.5, 0.6) is 0 Å². The van der Waals surface area contributed by atoms with Crippen molar-refractivity contribution < 1.29 is 9.72 Å². The van der Waals surface area contributed by atoms with Gasteiger partial charge in [0.1, 0.15) is 12.1 Å². The summed E-state index contributed by atoms with van der Waals surface area (Å²) in [6.07, 6.45) is 5.41. The smallest absolute Gasteiger partial charge is 0.269 e. The van der Waals surface area contributed by atoms with Crippen LogP contribution in [0, 0.1) is 17.0 Å². The molecule has 0 aliphatic carbocycles. The van der Waals surface area contributed by atoms with E-state index < -0.39 is 4.92 Å². The molecule has 0 saturated carbocycles. The molecule has 32 heavy (non-hydrogen) atoms. The molecule has 3 aromatic rings. The number of amides is 1. The number of hydrogen-bond donors (Lipinski definition) is 2. The molecule has 0 spiro atoms. The maximum atomic E-state index is 12.6. The second-order valence-corrected chi connectivity index (χ2v) is 7.59. The molecule has 1 atom stereocenters. The van der Waals surface area contributed by atoms with E-state index in [0.29, 0.717) is 25.5 Å². The average Bonchev–Trinajstić information content (AvgIpc) is 3.33. The Bertz CT molecular complexity index is 1080. The average molecular weight is 436 g/mol. The molecule has 1 unspecified atom stereocenters. The number of nitrogens with zero attached hydrogens (tertiary/aromatic N) is 6. The van der Waals surface area contributed by atoms with Crippen LogP contribution in [0.4, 0.5) is 11.5 Å². The number of rotatable bonds is 7. The lowest BCUT2D eigenvalue weighted by Crippen LogP contribution is -2.53. The van der Waals surface area contributed by atoms with Gasteiger partial charge in [-0.3, -0.25) is 19.5 Å². The largest absolute Gasteiger partial charge is 0.352 e. The first-order valence-electron chi connectivity index (χ1n) is 10.3. The summed E-state index contributed by atoms with van der Waals surface area (Å²) in [6.45, 7) is 4.41. The molecule has 1 fully saturated rings. The van der Waals surface area contributed by atoms with E-state index in [-0.39, 0.29) is 17.6 Å². The van der Waals surface area contributed by atoms with Gasteiger partial charge in [-0.15, -0.1) is 0 Å². The minimum atomic E-state index is -0.444. The number of piperazine rings is 1. The third-order valence-electron chi connectivity index (χ3n) is 5.27. The van der Waals surface area contributed by atoms with Crippen LogP contribution in [0.3, 0.4) is 0 Å². The van der Waals surface area contributed by atoms with Gasteiger partial charge in [-0.25, -0.2) is 9.97 Å². The van der Waals surface area contributed by atoms with Gasteiger partial charge in [0.2, 0.25) is 11.9 Å². The van der Waals surface area contributed by atoms with E-state index in [4.69, 9.17) is 4.98 Å². The van der Waals surface area contributed by atoms with Crippen LogP contribution in [0.1, 0.15) is 17.7 Å². The van der Waals surface area contributed by atoms with Gasteiger partial charge in [0.05, 0.1) is 11.0 Å². The molecule has 11 heteroatoms. The van der Waals surface area contributed by atoms with Crippen LogP contribution >= 0.6 is 0 Å². The van der Waals surface area contributed by atoms with Crippen molar-refractivity contribution in [3.63, 3.8) is 0 Å². The van der Waals surface area contributed by atoms with E-state index in [0.717, 1.165) is 30.2 Å². The number of nitro groups is 1. The Labute approximate surface area is 184 Å². The topological polar surface area (TPSA) is 131 Å². The van der Waals surface area contributed by atoms with Crippen molar-refractivity contribution in [3.05, 3.63) is 70.4 Å². The van der Waals surface area contributed by atoms with Crippen molar-refractivity contribution in [1.82, 2.24) is 30.2 Å². The molecule has 1 saturated heterocycles. The number of nitro benzene ring substituents is 1. The number of aromatic nitrogens is 4. The Morgan fingerprint density at radius 3 is 2.84 bits per heavy atom. The number of benzene rings is 1. The van der Waals surface area contributed by atoms with Gasteiger partial charge >= 0.3 is 0 Å². The maximum Gasteiger partial charge on any atom is 0.269 e. The zero-order chi connectivity index (χ0) is 22.5. The van der Waals surface area contributed by atoms with Crippen LogP contribution in [-0.2, 0) is 11.3 Å². The van der Waals surface area contributed by atoms with Crippen molar-refractivity contribution in [2.24, 2.45) is 0 Å². The molecule has 1 aromatic carbocycles. The Morgan fingerprint density at radius 1 is 1.31 bits per heavy atom. The second kappa shape index (κ2) is 9.52. The second-order valence-electron chi connectivity index (χ2n) is 7.59. The van der Waals surface area contributed by atoms with Gasteiger partial charge in [0.15, 0.2) is 0 Å². The van der Waals surface area contributed by atoms with E-state index in [1.807, 2.05) is 13.0 Å². The normalized spacial score (nSPS) is 16.0. The molecule has 1 amide bonds. The molecule has 11 nitrogen and oxygen atoms in total. The molecule has 3 heterocycles. The van der Waals surface area contributed by atoms with Crippen LogP contribution in [0.2, 0.25) is 0 Å². The first-order chi connectivity index (χ1) is 15.5. The third kappa shape index (κ3) is 5.06. The Morgan fingerprint density at radius 2 is 2.12 bits per heavy atom. The SMILES string of the molecule is Cc1cc(N2CCNCC2CC(=O)NCc2ccc([N+](=O)[O-])cc2)nc(-n2ccnc2)n1. The van der Waals surface area contributed by atoms with Gasteiger partial charge < -0.3 is 15.5 Å². The predicted molar refractivity (Wildman–Crippen MR) is 117 cm³/mol. The van der Waals surface area contributed by atoms with Crippen molar-refractivity contribution in [3.8, 4) is 5.95 Å². The summed E-state index contributed by atoms with van der Waals surface area (Å²) in [5.41, 5.74) is 1.66. The molecule has 1 aliphatic heterocycles. The molecule has 1 aliphatic rings. The lowest BCUT2D eigenvalue weighted by atomic mass is 10.1. The highest BCUT2D eigenvalue weighted by atomic mass is 16.6. The van der Waals surface area contributed by atoms with E-state index in [1.165, 1.54) is 12.1 Å². The van der Waals surface area contributed by atoms with Crippen molar-refractivity contribution in [2.75, 3.05) is 24.5 Å². The van der Waals surface area contributed by atoms with Crippen LogP contribution in [0.15, 0.2) is 49.1 Å². The number of non-ortho nitro benzene ring substituents is 1. The fourth-order valence-corrected chi connectivity index (χ4v) is 3.64. The lowest BCUT2D eigenvalue weighted by molar-refractivity contribution is -0.384. The first kappa shape index (κ1) is 21.4. The number of hydrogen-bond acceptors (Lipinski definition) is 8. The fourth-order valence-electron chi connectivity index (χ4n) is 3.64. The van der Waals surface area contributed by atoms with Crippen LogP contribution < -0.4 is 15.5 Å². The Hall–Kier alpha value is -3.86. The Balaban J connectivity index is 1.42. The number of carbonyl (C=O) groups is 1. The van der Waals surface area contributed by atoms with E-state index >= 15 is 0 Å². The summed E-state index contributed by atoms with van der Waals surface area (Å²) in [6, 6.07) is 8.02. The van der Waals surface area contributed by atoms with Gasteiger partial charge in [-0.1, -0.05) is 12.1 Å². The quantitative estimate of drug-likeness (QED) is 0.419. The lowest BCUT2D eigenvalue weighted by Gasteiger charge is -2.37. The minimum Gasteiger partial charge on any atom is -0.352 e. The number of carbonyl (C=O) groups excluding carboxylic acids is 1. The molecular formula is C21H24N8O3. The van der Waals surface area contributed by atoms with Gasteiger partial charge in [-0.2, -0.15) is 4.98 Å². The highest BCUT2D eigenvalue weighted by molar-refractivity contribution is 5.77. The fraction of sp³-hybridized carbons (Fsp3) is 0.333. The summed E-state index contributed by atoms with van der Waals surface area (Å²) < 4.78 is 1.75. The van der Waals surface area contributed by atoms with Crippen LogP contribution in [-0.4, -0.2) is 56.0 Å². The van der Waals surface area contributed by atoms with E-state index in [9.17, 15) is 14.9 Å². The van der Waals surface area contributed by atoms with Crippen molar-refractivity contribution >= 4 is 17.4 Å². The zero-order valence-electron chi connectivity index (χ0n) is 17.6. The molecule has 0 bridgehead atoms. The number of nitrogens with one attached hydrogen (secondary N) is 2. The van der Waals surface area contributed by atoms with E-state index in [1.54, 1.807) is 35.4 Å². The summed E-state index contributed by atoms with van der Waals surface area (Å²) in [5.74, 6) is 1.22. The summed E-state index contributed by atoms with van der Waals surface area (Å²) in [7, 11) is 0. The number of imidazole rings is 1. The monoisotopic (exact) mass is 436 g/mol. The van der Waals surface area contributed by atoms with Gasteiger partial charge in [-0.05, 0) is 12.5 Å². The standard InChI is InChI=1S/C21H24N8O3/c1-15-10-19(26-21(25-15)27-8-6-23-14-27)28-9-7-22-13-18(28)11-20(30)24-12-16-2-4-17(5-3-16)29(31)32/h2-6,8,10,14,18,22H,7,9,11-13H2,1H3,(H,24,30). The van der Waals surface area contributed by atoms with Crippen molar-refractivity contribution in [2.45, 2.75) is 25.9 Å². The third-order valence-corrected chi connectivity index (χ3v) is 5.27. The molecule has 4 rings (SSSR count). The molecule has 0 radical (unpaired) electrons. The molecule has 2 aromatic heterocycles. The van der Waals surface area contributed by atoms with E-state index in [2.05, 4.69) is 25.5 Å². The van der Waals surface area contributed by atoms with Crippen LogP contribution in [0.25, 0.3) is 5.95 Å². The zero-order valence-corrected chi connectivity index (χ0v) is 17.6. The predicted octanol–water partition coefficient (Wildman–Crippen LogP) is 1.36. The summed E-state index contributed by atoms with van der Waals surface area (Å²) >= 11 is 0. The van der Waals surface area contributed by atoms with Gasteiger partial charge in [0, 0.05) is 68.9 Å². The minimum absolute atomic E-state index is 0.0270. The molecular weight excluding hydrogens is 412 g/mol. The summed E-state index contributed by atoms with van der Waals surface area (Å²) in [4.78, 5) is 38.3. The van der Waals surface area contributed by atoms with Crippen molar-refractivity contribution in [1.29, 1.82) is 0 Å². The maximum absolute atomic E-state index is 12.6. The first-order valence-corrected chi connectivity index (χ1v) is 10.3. The number of anilines is 1. The molecule has 2 N–H and O–H groups in total.